The van der Waals surface area contributed by atoms with E-state index >= 15 is 0 Å². The fourth-order valence-corrected chi connectivity index (χ4v) is 3.92. The first-order valence-electron chi connectivity index (χ1n) is 7.11. The molecule has 0 unspecified atom stereocenters. The number of amides is 1. The highest BCUT2D eigenvalue weighted by atomic mass is 32.1. The number of thiophene rings is 1. The van der Waals surface area contributed by atoms with Crippen LogP contribution in [0.25, 0.3) is 16.3 Å². The van der Waals surface area contributed by atoms with Gasteiger partial charge in [-0.15, -0.1) is 6.42 Å². The molecule has 0 saturated carbocycles. The zero-order valence-electron chi connectivity index (χ0n) is 12.8. The van der Waals surface area contributed by atoms with Gasteiger partial charge in [-0.25, -0.2) is 0 Å². The summed E-state index contributed by atoms with van der Waals surface area (Å²) in [6, 6.07) is 10.7. The Morgan fingerprint density at radius 2 is 2.12 bits per heavy atom. The molecule has 2 aromatic heterocycles. The molecule has 8 heteroatoms. The lowest BCUT2D eigenvalue weighted by atomic mass is 10.3. The summed E-state index contributed by atoms with van der Waals surface area (Å²) in [5.74, 6) is 2.11. The van der Waals surface area contributed by atoms with Crippen molar-refractivity contribution in [2.24, 2.45) is 4.99 Å². The van der Waals surface area contributed by atoms with Crippen LogP contribution < -0.4 is 4.80 Å². The van der Waals surface area contributed by atoms with Gasteiger partial charge >= 0.3 is 5.00 Å². The van der Waals surface area contributed by atoms with Crippen molar-refractivity contribution < 1.29 is 9.72 Å². The van der Waals surface area contributed by atoms with Crippen molar-refractivity contribution in [3.63, 3.8) is 0 Å². The van der Waals surface area contributed by atoms with Gasteiger partial charge in [-0.3, -0.25) is 14.9 Å². The van der Waals surface area contributed by atoms with Crippen LogP contribution in [0.15, 0.2) is 47.5 Å². The zero-order chi connectivity index (χ0) is 17.8. The van der Waals surface area contributed by atoms with Crippen LogP contribution in [-0.2, 0) is 11.3 Å². The first-order valence-corrected chi connectivity index (χ1v) is 8.74. The summed E-state index contributed by atoms with van der Waals surface area (Å²) in [6.07, 6.45) is 8.22. The summed E-state index contributed by atoms with van der Waals surface area (Å²) in [5.41, 5.74) is 0.926. The van der Waals surface area contributed by atoms with Crippen LogP contribution >= 0.6 is 22.7 Å². The van der Waals surface area contributed by atoms with Gasteiger partial charge < -0.3 is 4.57 Å². The Kier molecular flexibility index (Phi) is 4.88. The number of nitrogens with zero attached hydrogens (tertiary/aromatic N) is 3. The molecular formula is C17H11N3O3S2. The Hall–Kier alpha value is -3.02. The lowest BCUT2D eigenvalue weighted by Crippen LogP contribution is -2.15. The molecule has 1 aromatic carbocycles. The quantitative estimate of drug-likeness (QED) is 0.306. The van der Waals surface area contributed by atoms with E-state index in [1.54, 1.807) is 6.07 Å². The van der Waals surface area contributed by atoms with E-state index in [4.69, 9.17) is 6.42 Å². The average Bonchev–Trinajstić information content (AvgIpc) is 3.19. The Morgan fingerprint density at radius 3 is 2.84 bits per heavy atom. The summed E-state index contributed by atoms with van der Waals surface area (Å²) in [4.78, 5) is 27.6. The van der Waals surface area contributed by atoms with Crippen LogP contribution in [0.4, 0.5) is 5.00 Å². The number of terminal acetylenes is 1. The van der Waals surface area contributed by atoms with Crippen molar-refractivity contribution in [3.8, 4) is 12.3 Å². The molecule has 0 aliphatic carbocycles. The third-order valence-electron chi connectivity index (χ3n) is 3.23. The highest BCUT2D eigenvalue weighted by Gasteiger charge is 2.08. The van der Waals surface area contributed by atoms with Gasteiger partial charge in [0, 0.05) is 17.0 Å². The van der Waals surface area contributed by atoms with Gasteiger partial charge in [0.1, 0.15) is 0 Å². The maximum atomic E-state index is 12.1. The van der Waals surface area contributed by atoms with Gasteiger partial charge in [0.05, 0.1) is 21.7 Å². The van der Waals surface area contributed by atoms with Gasteiger partial charge in [0.2, 0.25) is 0 Å². The number of aromatic nitrogens is 1. The Morgan fingerprint density at radius 1 is 1.32 bits per heavy atom. The second-order valence-corrected chi connectivity index (χ2v) is 6.96. The van der Waals surface area contributed by atoms with Crippen LogP contribution in [0.3, 0.4) is 0 Å². The van der Waals surface area contributed by atoms with Crippen LogP contribution in [0.5, 0.6) is 0 Å². The average molecular weight is 369 g/mol. The van der Waals surface area contributed by atoms with E-state index in [1.807, 2.05) is 28.8 Å². The van der Waals surface area contributed by atoms with Crippen molar-refractivity contribution in [2.75, 3.05) is 0 Å². The van der Waals surface area contributed by atoms with Crippen molar-refractivity contribution in [1.29, 1.82) is 0 Å². The lowest BCUT2D eigenvalue weighted by Gasteiger charge is -1.98. The molecule has 0 atom stereocenters. The number of thiazole rings is 1. The summed E-state index contributed by atoms with van der Waals surface area (Å²) < 4.78 is 2.80. The molecule has 0 bridgehead atoms. The number of rotatable bonds is 4. The number of carbonyl (C=O) groups excluding carboxylic acids is 1. The Labute approximate surface area is 150 Å². The molecule has 25 heavy (non-hydrogen) atoms. The van der Waals surface area contributed by atoms with Gasteiger partial charge in [0.15, 0.2) is 4.80 Å². The molecule has 124 valence electrons. The van der Waals surface area contributed by atoms with E-state index < -0.39 is 10.8 Å². The van der Waals surface area contributed by atoms with E-state index in [9.17, 15) is 14.9 Å². The molecule has 0 fully saturated rings. The highest BCUT2D eigenvalue weighted by molar-refractivity contribution is 7.16. The molecule has 2 heterocycles. The van der Waals surface area contributed by atoms with Crippen LogP contribution in [0.1, 0.15) is 4.88 Å². The third-order valence-corrected chi connectivity index (χ3v) is 5.29. The predicted octanol–water partition coefficient (Wildman–Crippen LogP) is 3.45. The first-order chi connectivity index (χ1) is 12.1. The minimum atomic E-state index is -0.464. The maximum absolute atomic E-state index is 12.1. The molecule has 3 aromatic rings. The molecule has 0 aliphatic rings. The van der Waals surface area contributed by atoms with Crippen LogP contribution in [0.2, 0.25) is 0 Å². The molecule has 3 rings (SSSR count). The molecular weight excluding hydrogens is 358 g/mol. The van der Waals surface area contributed by atoms with E-state index in [1.165, 1.54) is 29.6 Å². The fourth-order valence-electron chi connectivity index (χ4n) is 2.17. The molecule has 0 saturated heterocycles. The first kappa shape index (κ1) is 16.8. The molecule has 0 radical (unpaired) electrons. The SMILES string of the molecule is C#CCn1c(=NC(=O)/C=C\c2ccc([N+](=O)[O-])s2)sc2ccccc21. The van der Waals surface area contributed by atoms with Crippen molar-refractivity contribution in [1.82, 2.24) is 4.57 Å². The van der Waals surface area contributed by atoms with Crippen molar-refractivity contribution in [2.45, 2.75) is 6.54 Å². The van der Waals surface area contributed by atoms with E-state index in [0.29, 0.717) is 16.2 Å². The van der Waals surface area contributed by atoms with E-state index in [0.717, 1.165) is 21.6 Å². The number of carbonyl (C=O) groups is 1. The van der Waals surface area contributed by atoms with Gasteiger partial charge in [-0.2, -0.15) is 4.99 Å². The standard InChI is InChI=1S/C17H11N3O3S2/c1-2-11-19-13-5-3-4-6-14(13)25-17(19)18-15(21)9-7-12-8-10-16(24-12)20(22)23/h1,3-10H,11H2/b9-7-,18-17?. The minimum Gasteiger partial charge on any atom is -0.305 e. The monoisotopic (exact) mass is 369 g/mol. The maximum Gasteiger partial charge on any atom is 0.324 e. The zero-order valence-corrected chi connectivity index (χ0v) is 14.4. The van der Waals surface area contributed by atoms with Gasteiger partial charge in [-0.05, 0) is 24.3 Å². The summed E-state index contributed by atoms with van der Waals surface area (Å²) >= 11 is 2.38. The number of nitro groups is 1. The number of hydrogen-bond acceptors (Lipinski definition) is 5. The minimum absolute atomic E-state index is 0.0282. The second-order valence-electron chi connectivity index (χ2n) is 4.86. The van der Waals surface area contributed by atoms with Crippen LogP contribution in [0, 0.1) is 22.5 Å². The number of hydrogen-bond donors (Lipinski definition) is 0. The topological polar surface area (TPSA) is 77.5 Å². The smallest absolute Gasteiger partial charge is 0.305 e. The Balaban J connectivity index is 1.91. The predicted molar refractivity (Wildman–Crippen MR) is 99.2 cm³/mol. The number of fused-ring (bicyclic) bond motifs is 1. The van der Waals surface area contributed by atoms with Gasteiger partial charge in [-0.1, -0.05) is 40.7 Å². The normalized spacial score (nSPS) is 11.9. The van der Waals surface area contributed by atoms with Crippen molar-refractivity contribution >= 4 is 49.9 Å². The van der Waals surface area contributed by atoms with E-state index in [-0.39, 0.29) is 5.00 Å². The fraction of sp³-hybridized carbons (Fsp3) is 0.0588. The molecule has 0 aliphatic heterocycles. The van der Waals surface area contributed by atoms with Crippen LogP contribution in [-0.4, -0.2) is 15.4 Å². The molecule has 0 N–H and O–H groups in total. The number of benzene rings is 1. The summed E-state index contributed by atoms with van der Waals surface area (Å²) in [7, 11) is 0. The molecule has 1 amide bonds. The van der Waals surface area contributed by atoms with Crippen molar-refractivity contribution in [3.05, 3.63) is 62.3 Å². The summed E-state index contributed by atoms with van der Waals surface area (Å²) in [5, 5.41) is 10.7. The largest absolute Gasteiger partial charge is 0.324 e. The summed E-state index contributed by atoms with van der Waals surface area (Å²) in [6.45, 7) is 0.316. The second kappa shape index (κ2) is 7.25. The highest BCUT2D eigenvalue weighted by Crippen LogP contribution is 2.24. The third kappa shape index (κ3) is 3.74. The molecule has 6 nitrogen and oxygen atoms in total. The Bertz CT molecular complexity index is 1100. The molecule has 0 spiro atoms. The number of para-hydroxylation sites is 1. The van der Waals surface area contributed by atoms with Gasteiger partial charge in [0.25, 0.3) is 5.91 Å². The van der Waals surface area contributed by atoms with E-state index in [2.05, 4.69) is 10.9 Å². The lowest BCUT2D eigenvalue weighted by molar-refractivity contribution is -0.380.